The van der Waals surface area contributed by atoms with E-state index < -0.39 is 14.5 Å². The minimum atomic E-state index is -1.06. The Hall–Kier alpha value is -0.448. The summed E-state index contributed by atoms with van der Waals surface area (Å²) in [7, 11) is 0. The van der Waals surface area contributed by atoms with Gasteiger partial charge in [-0.1, -0.05) is 120 Å². The molecule has 0 spiro atoms. The summed E-state index contributed by atoms with van der Waals surface area (Å²) in [4.78, 5) is 0. The first kappa shape index (κ1) is 21.6. The maximum Gasteiger partial charge on any atom is 0.546 e. The molecule has 0 aliphatic heterocycles. The Morgan fingerprint density at radius 3 is 1.71 bits per heavy atom. The molecule has 1 nitrogen and oxygen atoms in total. The lowest BCUT2D eigenvalue weighted by atomic mass is 10.1. The lowest BCUT2D eigenvalue weighted by Gasteiger charge is -2.15. The van der Waals surface area contributed by atoms with Gasteiger partial charge in [0.1, 0.15) is 0 Å². The quantitative estimate of drug-likeness (QED) is 0.219. The molecule has 0 unspecified atom stereocenters. The molecule has 0 aliphatic carbocycles. The Kier molecular flexibility index (Phi) is 14.4. The van der Waals surface area contributed by atoms with Gasteiger partial charge in [-0.15, -0.1) is 0 Å². The minimum Gasteiger partial charge on any atom is -0.643 e. The third kappa shape index (κ3) is 12.0. The standard InChI is InChI=1S/C12H25.C6H6O.C4H9.Al/c1-3-5-7-9-11-12-10-8-6-4-2;7-6-4-2-1-3-5-6;1-3-4-2;/h1,3-12H2,2H3;1-5,7H;1,3-4H2,2H3;/q;;;+1/p-1. The van der Waals surface area contributed by atoms with Crippen molar-refractivity contribution in [3.63, 3.8) is 0 Å². The van der Waals surface area contributed by atoms with Crippen molar-refractivity contribution in [2.45, 2.75) is 101 Å². The second-order valence-corrected chi connectivity index (χ2v) is 9.80. The molecular formula is C22H39AlO. The van der Waals surface area contributed by atoms with E-state index in [2.05, 4.69) is 44.2 Å². The number of hydrogen-bond acceptors (Lipinski definition) is 1. The molecule has 0 bridgehead atoms. The molecule has 0 atom stereocenters. The summed E-state index contributed by atoms with van der Waals surface area (Å²) in [5.74, 6) is 1.09. The highest BCUT2D eigenvalue weighted by atomic mass is 27.2. The van der Waals surface area contributed by atoms with Gasteiger partial charge in [0.05, 0.1) is 5.75 Å². The van der Waals surface area contributed by atoms with Crippen LogP contribution in [0.5, 0.6) is 5.75 Å². The molecule has 0 heterocycles. The van der Waals surface area contributed by atoms with E-state index in [1.54, 1.807) is 0 Å². The van der Waals surface area contributed by atoms with Crippen molar-refractivity contribution in [2.24, 2.45) is 0 Å². The van der Waals surface area contributed by atoms with E-state index in [4.69, 9.17) is 3.79 Å². The van der Waals surface area contributed by atoms with Gasteiger partial charge in [-0.3, -0.25) is 0 Å². The Bertz CT molecular complexity index is 365. The molecule has 24 heavy (non-hydrogen) atoms. The Labute approximate surface area is 155 Å². The number of para-hydroxylation sites is 1. The zero-order chi connectivity index (χ0) is 17.3. The SMILES string of the molecule is CCCCCCCCCCC[CH2][Al]([CH2]CCC)[O]c1ccccc1. The first-order valence-corrected chi connectivity index (χ1v) is 12.7. The summed E-state index contributed by atoms with van der Waals surface area (Å²) in [5.41, 5.74) is 0. The minimum absolute atomic E-state index is 1.06. The molecule has 0 amide bonds. The fraction of sp³-hybridized carbons (Fsp3) is 0.727. The van der Waals surface area contributed by atoms with Gasteiger partial charge in [-0.2, -0.15) is 0 Å². The second kappa shape index (κ2) is 16.0. The van der Waals surface area contributed by atoms with Gasteiger partial charge in [0, 0.05) is 0 Å². The molecule has 136 valence electrons. The number of hydrogen-bond donors (Lipinski definition) is 0. The highest BCUT2D eigenvalue weighted by Gasteiger charge is 2.22. The zero-order valence-corrected chi connectivity index (χ0v) is 17.4. The smallest absolute Gasteiger partial charge is 0.546 e. The van der Waals surface area contributed by atoms with Crippen LogP contribution in [0.3, 0.4) is 0 Å². The summed E-state index contributed by atoms with van der Waals surface area (Å²) in [6, 6.07) is 10.5. The molecule has 2 heteroatoms. The van der Waals surface area contributed by atoms with Gasteiger partial charge >= 0.3 is 14.5 Å². The summed E-state index contributed by atoms with van der Waals surface area (Å²) in [6.45, 7) is 4.58. The average molecular weight is 347 g/mol. The summed E-state index contributed by atoms with van der Waals surface area (Å²) in [6.07, 6.45) is 16.8. The van der Waals surface area contributed by atoms with Crippen LogP contribution in [0.25, 0.3) is 0 Å². The van der Waals surface area contributed by atoms with Gasteiger partial charge in [0.2, 0.25) is 0 Å². The van der Waals surface area contributed by atoms with Crippen LogP contribution in [0.2, 0.25) is 10.6 Å². The van der Waals surface area contributed by atoms with Crippen LogP contribution in [-0.2, 0) is 0 Å². The molecule has 0 aliphatic rings. The van der Waals surface area contributed by atoms with Crippen LogP contribution in [0, 0.1) is 0 Å². The molecule has 1 rings (SSSR count). The predicted molar refractivity (Wildman–Crippen MR) is 109 cm³/mol. The zero-order valence-electron chi connectivity index (χ0n) is 16.3. The molecule has 0 saturated carbocycles. The van der Waals surface area contributed by atoms with E-state index in [1.807, 2.05) is 0 Å². The Morgan fingerprint density at radius 2 is 1.12 bits per heavy atom. The van der Waals surface area contributed by atoms with Crippen LogP contribution >= 0.6 is 0 Å². The third-order valence-electron chi connectivity index (χ3n) is 4.81. The molecular weight excluding hydrogens is 307 g/mol. The average Bonchev–Trinajstić information content (AvgIpc) is 2.62. The number of benzene rings is 1. The first-order chi connectivity index (χ1) is 11.9. The lowest BCUT2D eigenvalue weighted by Crippen LogP contribution is -2.21. The highest BCUT2D eigenvalue weighted by Crippen LogP contribution is 2.18. The van der Waals surface area contributed by atoms with E-state index >= 15 is 0 Å². The molecule has 0 saturated heterocycles. The van der Waals surface area contributed by atoms with E-state index in [0.717, 1.165) is 5.75 Å². The number of unbranched alkanes of at least 4 members (excludes halogenated alkanes) is 10. The summed E-state index contributed by atoms with van der Waals surface area (Å²) in [5, 5.41) is 2.69. The first-order valence-electron chi connectivity index (χ1n) is 10.6. The monoisotopic (exact) mass is 346 g/mol. The van der Waals surface area contributed by atoms with Crippen molar-refractivity contribution in [1.82, 2.24) is 0 Å². The van der Waals surface area contributed by atoms with Gasteiger partial charge < -0.3 is 3.79 Å². The van der Waals surface area contributed by atoms with Crippen LogP contribution < -0.4 is 3.79 Å². The van der Waals surface area contributed by atoms with Crippen molar-refractivity contribution in [3.8, 4) is 5.75 Å². The fourth-order valence-corrected chi connectivity index (χ4v) is 5.92. The van der Waals surface area contributed by atoms with Crippen LogP contribution in [0.15, 0.2) is 30.3 Å². The molecule has 1 aromatic carbocycles. The molecule has 1 aromatic rings. The summed E-state index contributed by atoms with van der Waals surface area (Å²) < 4.78 is 6.34. The van der Waals surface area contributed by atoms with E-state index in [-0.39, 0.29) is 0 Å². The fourth-order valence-electron chi connectivity index (χ4n) is 3.24. The van der Waals surface area contributed by atoms with Gasteiger partial charge in [0.25, 0.3) is 0 Å². The molecule has 0 radical (unpaired) electrons. The Balaban J connectivity index is 2.07. The highest BCUT2D eigenvalue weighted by molar-refractivity contribution is 6.52. The predicted octanol–water partition coefficient (Wildman–Crippen LogP) is 7.78. The van der Waals surface area contributed by atoms with Gasteiger partial charge in [-0.25, -0.2) is 0 Å². The summed E-state index contributed by atoms with van der Waals surface area (Å²) >= 11 is -1.06. The third-order valence-corrected chi connectivity index (χ3v) is 7.52. The van der Waals surface area contributed by atoms with Crippen molar-refractivity contribution in [1.29, 1.82) is 0 Å². The van der Waals surface area contributed by atoms with E-state index in [0.29, 0.717) is 0 Å². The van der Waals surface area contributed by atoms with Crippen LogP contribution in [0.4, 0.5) is 0 Å². The molecule has 0 N–H and O–H groups in total. The largest absolute Gasteiger partial charge is 0.643 e. The normalized spacial score (nSPS) is 10.8. The van der Waals surface area contributed by atoms with Crippen molar-refractivity contribution >= 4 is 14.5 Å². The van der Waals surface area contributed by atoms with Crippen molar-refractivity contribution < 1.29 is 3.79 Å². The van der Waals surface area contributed by atoms with Gasteiger partial charge in [-0.05, 0) is 12.1 Å². The van der Waals surface area contributed by atoms with E-state index in [1.165, 1.54) is 87.6 Å². The molecule has 0 aromatic heterocycles. The number of rotatable bonds is 16. The van der Waals surface area contributed by atoms with Crippen LogP contribution in [0.1, 0.15) is 90.9 Å². The second-order valence-electron chi connectivity index (χ2n) is 7.17. The topological polar surface area (TPSA) is 9.23 Å². The van der Waals surface area contributed by atoms with Crippen LogP contribution in [-0.4, -0.2) is 14.5 Å². The maximum atomic E-state index is 6.34. The maximum absolute atomic E-state index is 6.34. The molecule has 0 fully saturated rings. The van der Waals surface area contributed by atoms with Gasteiger partial charge in [0.15, 0.2) is 0 Å². The van der Waals surface area contributed by atoms with E-state index in [9.17, 15) is 0 Å². The van der Waals surface area contributed by atoms with Crippen molar-refractivity contribution in [3.05, 3.63) is 30.3 Å². The lowest BCUT2D eigenvalue weighted by molar-refractivity contribution is 0.539. The van der Waals surface area contributed by atoms with Crippen molar-refractivity contribution in [2.75, 3.05) is 0 Å². The Morgan fingerprint density at radius 1 is 0.625 bits per heavy atom.